The zero-order valence-electron chi connectivity index (χ0n) is 3.03. The Morgan fingerprint density at radius 1 is 1.33 bits per heavy atom. The molecule has 0 amide bonds. The van der Waals surface area contributed by atoms with E-state index in [0.29, 0.717) is 0 Å². The second-order valence-electron chi connectivity index (χ2n) is 0.721. The van der Waals surface area contributed by atoms with E-state index in [1.54, 1.807) is 0 Å². The average molecular weight is 146 g/mol. The highest BCUT2D eigenvalue weighted by Gasteiger charge is 2.06. The van der Waals surface area contributed by atoms with E-state index in [0.717, 1.165) is 0 Å². The van der Waals surface area contributed by atoms with Crippen molar-refractivity contribution in [3.05, 3.63) is 0 Å². The van der Waals surface area contributed by atoms with Crippen LogP contribution in [0.2, 0.25) is 0 Å². The molecule has 0 aliphatic carbocycles. The summed E-state index contributed by atoms with van der Waals surface area (Å²) in [6, 6.07) is 0. The van der Waals surface area contributed by atoms with Crippen LogP contribution in [0.25, 0.3) is 0 Å². The predicted octanol–water partition coefficient (Wildman–Crippen LogP) is 2.21. The molecule has 0 aromatic rings. The van der Waals surface area contributed by atoms with Gasteiger partial charge in [-0.2, -0.15) is 0 Å². The minimum atomic E-state index is -1.30. The van der Waals surface area contributed by atoms with Crippen molar-refractivity contribution < 1.29 is 4.57 Å². The van der Waals surface area contributed by atoms with E-state index in [-0.39, 0.29) is 11.2 Å². The van der Waals surface area contributed by atoms with Crippen LogP contribution in [0.3, 0.4) is 0 Å². The summed E-state index contributed by atoms with van der Waals surface area (Å²) in [4.78, 5) is 0. The van der Waals surface area contributed by atoms with E-state index in [9.17, 15) is 4.57 Å². The molecule has 0 fully saturated rings. The normalized spacial score (nSPS) is 8.33. The minimum Gasteiger partial charge on any atom is -0.0720 e. The fourth-order valence-electron chi connectivity index (χ4n) is 0.0319. The van der Waals surface area contributed by atoms with Crippen LogP contribution in [0.15, 0.2) is 0 Å². The first kappa shape index (κ1) is 6.68. The lowest BCUT2D eigenvalue weighted by molar-refractivity contribution is 0.593. The maximum absolute atomic E-state index is 10.1. The Bertz CT molecular complexity index is 49.5. The lowest BCUT2D eigenvalue weighted by Crippen LogP contribution is -1.59. The molecule has 36 valence electrons. The van der Waals surface area contributed by atoms with Crippen LogP contribution < -0.4 is 0 Å². The first-order valence-electron chi connectivity index (χ1n) is 1.35. The maximum atomic E-state index is 10.1. The third-order valence-corrected chi connectivity index (χ3v) is 2.40. The fraction of sp³-hybridized carbons (Fsp3) is 1.00. The van der Waals surface area contributed by atoms with Gasteiger partial charge in [0.25, 0.3) is 0 Å². The first-order chi connectivity index (χ1) is 2.81. The summed E-state index contributed by atoms with van der Waals surface area (Å²) in [5.74, 6) is 0. The van der Waals surface area contributed by atoms with E-state index < -0.39 is 7.80 Å². The molecular formula is C2H4Cl2OP+. The number of alkyl halides is 2. The van der Waals surface area contributed by atoms with E-state index in [1.807, 2.05) is 0 Å². The highest BCUT2D eigenvalue weighted by Crippen LogP contribution is 2.21. The van der Waals surface area contributed by atoms with E-state index in [4.69, 9.17) is 23.2 Å². The van der Waals surface area contributed by atoms with Gasteiger partial charge in [-0.25, -0.2) is 0 Å². The van der Waals surface area contributed by atoms with Crippen LogP contribution in [0, 0.1) is 0 Å². The van der Waals surface area contributed by atoms with Gasteiger partial charge in [-0.3, -0.25) is 0 Å². The maximum Gasteiger partial charge on any atom is 0.370 e. The fourth-order valence-corrected chi connectivity index (χ4v) is 0.862. The van der Waals surface area contributed by atoms with Gasteiger partial charge in [0.2, 0.25) is 11.2 Å². The summed E-state index contributed by atoms with van der Waals surface area (Å²) < 4.78 is 10.1. The molecule has 0 spiro atoms. The molecule has 0 rings (SSSR count). The Labute approximate surface area is 47.4 Å². The van der Waals surface area contributed by atoms with Crippen molar-refractivity contribution in [1.29, 1.82) is 0 Å². The van der Waals surface area contributed by atoms with E-state index >= 15 is 0 Å². The number of hydrogen-bond acceptors (Lipinski definition) is 1. The highest BCUT2D eigenvalue weighted by molar-refractivity contribution is 7.48. The topological polar surface area (TPSA) is 17.1 Å². The van der Waals surface area contributed by atoms with Gasteiger partial charge < -0.3 is 0 Å². The third kappa shape index (κ3) is 2.89. The summed E-state index contributed by atoms with van der Waals surface area (Å²) >= 11 is 10.2. The Balaban J connectivity index is 2.99. The lowest BCUT2D eigenvalue weighted by Gasteiger charge is -1.62. The van der Waals surface area contributed by atoms with Gasteiger partial charge in [0.15, 0.2) is 0 Å². The van der Waals surface area contributed by atoms with Crippen LogP contribution >= 0.6 is 31.0 Å². The Morgan fingerprint density at radius 3 is 1.67 bits per heavy atom. The Kier molecular flexibility index (Phi) is 4.29. The van der Waals surface area contributed by atoms with E-state index in [2.05, 4.69) is 0 Å². The monoisotopic (exact) mass is 145 g/mol. The van der Waals surface area contributed by atoms with Crippen LogP contribution in [0.1, 0.15) is 0 Å². The molecule has 0 saturated carbocycles. The molecule has 0 aromatic carbocycles. The minimum absolute atomic E-state index is 0.179. The molecule has 0 radical (unpaired) electrons. The highest BCUT2D eigenvalue weighted by atomic mass is 35.5. The summed E-state index contributed by atoms with van der Waals surface area (Å²) in [6.45, 7) is 0. The van der Waals surface area contributed by atoms with Gasteiger partial charge in [-0.15, -0.1) is 0 Å². The first-order valence-corrected chi connectivity index (χ1v) is 4.05. The lowest BCUT2D eigenvalue weighted by atomic mass is 11.9. The molecule has 0 atom stereocenters. The molecule has 0 N–H and O–H groups in total. The number of hydrogen-bond donors (Lipinski definition) is 0. The zero-order valence-corrected chi connectivity index (χ0v) is 5.43. The van der Waals surface area contributed by atoms with Gasteiger partial charge in [0.05, 0.1) is 0 Å². The van der Waals surface area contributed by atoms with Crippen molar-refractivity contribution in [2.24, 2.45) is 0 Å². The summed E-state index contributed by atoms with van der Waals surface area (Å²) in [5.41, 5.74) is 0.359. The Morgan fingerprint density at radius 2 is 1.67 bits per heavy atom. The smallest absolute Gasteiger partial charge is 0.0720 e. The van der Waals surface area contributed by atoms with Crippen LogP contribution in [0.5, 0.6) is 0 Å². The molecule has 0 bridgehead atoms. The van der Waals surface area contributed by atoms with Crippen molar-refractivity contribution in [2.45, 2.75) is 0 Å². The standard InChI is InChI=1S/C2H4Cl2OP/c3-1-6(5)2-4/h1-2H2/q+1. The zero-order chi connectivity index (χ0) is 4.99. The van der Waals surface area contributed by atoms with E-state index in [1.165, 1.54) is 0 Å². The van der Waals surface area contributed by atoms with Gasteiger partial charge >= 0.3 is 7.80 Å². The molecule has 0 aliphatic heterocycles. The molecule has 0 saturated heterocycles. The van der Waals surface area contributed by atoms with Crippen molar-refractivity contribution in [3.8, 4) is 0 Å². The van der Waals surface area contributed by atoms with Crippen molar-refractivity contribution in [2.75, 3.05) is 11.2 Å². The van der Waals surface area contributed by atoms with Gasteiger partial charge in [-0.05, 0) is 0 Å². The predicted molar refractivity (Wildman–Crippen MR) is 29.0 cm³/mol. The van der Waals surface area contributed by atoms with Crippen LogP contribution in [-0.2, 0) is 4.57 Å². The SMILES string of the molecule is O=[P+](CCl)CCl. The average Bonchev–Trinajstić information content (AvgIpc) is 1.65. The molecule has 0 aromatic heterocycles. The van der Waals surface area contributed by atoms with Gasteiger partial charge in [0, 0.05) is 0 Å². The van der Waals surface area contributed by atoms with Crippen molar-refractivity contribution >= 4 is 31.0 Å². The second-order valence-corrected chi connectivity index (χ2v) is 3.60. The second kappa shape index (κ2) is 3.86. The van der Waals surface area contributed by atoms with Crippen LogP contribution in [-0.4, -0.2) is 11.2 Å². The van der Waals surface area contributed by atoms with Crippen molar-refractivity contribution in [1.82, 2.24) is 0 Å². The van der Waals surface area contributed by atoms with Gasteiger partial charge in [-0.1, -0.05) is 27.8 Å². The molecule has 0 heterocycles. The third-order valence-electron chi connectivity index (χ3n) is 0.267. The molecule has 4 heteroatoms. The molecule has 0 aliphatic rings. The number of halogens is 2. The Hall–Kier alpha value is 0.680. The van der Waals surface area contributed by atoms with Gasteiger partial charge in [0.1, 0.15) is 0 Å². The van der Waals surface area contributed by atoms with Crippen LogP contribution in [0.4, 0.5) is 0 Å². The van der Waals surface area contributed by atoms with Crippen molar-refractivity contribution in [3.63, 3.8) is 0 Å². The molecular weight excluding hydrogens is 142 g/mol. The summed E-state index contributed by atoms with van der Waals surface area (Å²) in [7, 11) is -1.30. The number of rotatable bonds is 2. The molecule has 6 heavy (non-hydrogen) atoms. The summed E-state index contributed by atoms with van der Waals surface area (Å²) in [6.07, 6.45) is 0. The summed E-state index contributed by atoms with van der Waals surface area (Å²) in [5, 5.41) is 0. The quantitative estimate of drug-likeness (QED) is 0.431. The molecule has 1 nitrogen and oxygen atoms in total. The largest absolute Gasteiger partial charge is 0.370 e. The molecule has 0 unspecified atom stereocenters.